The smallest absolute Gasteiger partial charge is 0.339 e. The minimum Gasteiger partial charge on any atom is -0.448 e. The fourth-order valence-electron chi connectivity index (χ4n) is 2.65. The molecule has 0 saturated carbocycles. The Morgan fingerprint density at radius 3 is 2.71 bits per heavy atom. The van der Waals surface area contributed by atoms with E-state index in [4.69, 9.17) is 27.9 Å². The molecule has 2 aromatic rings. The van der Waals surface area contributed by atoms with E-state index in [1.807, 2.05) is 19.1 Å². The maximum atomic E-state index is 12.4. The summed E-state index contributed by atoms with van der Waals surface area (Å²) in [6.45, 7) is 1.83. The monoisotopic (exact) mass is 363 g/mol. The highest BCUT2D eigenvalue weighted by atomic mass is 35.5. The number of fused-ring (bicyclic) bond motifs is 1. The number of nitrogens with one attached hydrogen (secondary N) is 1. The molecule has 0 saturated heterocycles. The average Bonchev–Trinajstić information content (AvgIpc) is 2.57. The van der Waals surface area contributed by atoms with E-state index in [1.54, 1.807) is 30.3 Å². The lowest BCUT2D eigenvalue weighted by Crippen LogP contribution is -2.42. The summed E-state index contributed by atoms with van der Waals surface area (Å²) in [5.41, 5.74) is 2.15. The van der Waals surface area contributed by atoms with Crippen LogP contribution in [0.2, 0.25) is 10.0 Å². The van der Waals surface area contributed by atoms with Crippen LogP contribution in [0.4, 0.5) is 0 Å². The molecule has 124 valence electrons. The molecule has 0 unspecified atom stereocenters. The number of hydrogen-bond donors (Lipinski definition) is 1. The molecule has 1 amide bonds. The fourth-order valence-corrected chi connectivity index (χ4v) is 2.96. The van der Waals surface area contributed by atoms with Gasteiger partial charge in [-0.2, -0.15) is 0 Å². The van der Waals surface area contributed by atoms with Crippen molar-refractivity contribution in [1.29, 1.82) is 0 Å². The summed E-state index contributed by atoms with van der Waals surface area (Å²) in [5, 5.41) is 3.73. The van der Waals surface area contributed by atoms with Gasteiger partial charge in [-0.05, 0) is 36.2 Å². The standard InChI is InChI=1S/C18H15Cl2NO3/c1-10(11-6-7-14(19)15(20)8-11)21-17(22)16-9-12-4-2-3-5-13(12)18(23)24-16/h2-8,10,16H,9H2,1H3,(H,21,22)/t10-,16-/m1/s1. The van der Waals surface area contributed by atoms with E-state index in [0.717, 1.165) is 11.1 Å². The lowest BCUT2D eigenvalue weighted by atomic mass is 9.98. The van der Waals surface area contributed by atoms with E-state index in [-0.39, 0.29) is 11.9 Å². The zero-order valence-electron chi connectivity index (χ0n) is 12.9. The van der Waals surface area contributed by atoms with Crippen LogP contribution < -0.4 is 5.32 Å². The summed E-state index contributed by atoms with van der Waals surface area (Å²) in [5.74, 6) is -0.810. The van der Waals surface area contributed by atoms with Crippen molar-refractivity contribution in [2.75, 3.05) is 0 Å². The molecule has 0 radical (unpaired) electrons. The summed E-state index contributed by atoms with van der Waals surface area (Å²) in [4.78, 5) is 24.4. The number of carbonyl (C=O) groups is 2. The van der Waals surface area contributed by atoms with Crippen molar-refractivity contribution < 1.29 is 14.3 Å². The van der Waals surface area contributed by atoms with Gasteiger partial charge < -0.3 is 10.1 Å². The first-order chi connectivity index (χ1) is 11.5. The van der Waals surface area contributed by atoms with E-state index >= 15 is 0 Å². The summed E-state index contributed by atoms with van der Waals surface area (Å²) < 4.78 is 5.26. The molecule has 2 atom stereocenters. The fraction of sp³-hybridized carbons (Fsp3) is 0.222. The SMILES string of the molecule is C[C@@H](NC(=O)[C@H]1Cc2ccccc2C(=O)O1)c1ccc(Cl)c(Cl)c1. The van der Waals surface area contributed by atoms with Crippen LogP contribution in [0.25, 0.3) is 0 Å². The van der Waals surface area contributed by atoms with Crippen molar-refractivity contribution in [3.8, 4) is 0 Å². The summed E-state index contributed by atoms with van der Waals surface area (Å²) in [7, 11) is 0. The molecule has 1 heterocycles. The Labute approximate surface area is 149 Å². The number of hydrogen-bond acceptors (Lipinski definition) is 3. The van der Waals surface area contributed by atoms with Crippen LogP contribution in [0.3, 0.4) is 0 Å². The number of benzene rings is 2. The summed E-state index contributed by atoms with van der Waals surface area (Å²) in [6, 6.07) is 12.0. The predicted octanol–water partition coefficient (Wildman–Crippen LogP) is 3.95. The molecule has 0 aliphatic carbocycles. The largest absolute Gasteiger partial charge is 0.448 e. The number of carbonyl (C=O) groups excluding carboxylic acids is 2. The van der Waals surface area contributed by atoms with Crippen LogP contribution in [0, 0.1) is 0 Å². The molecule has 1 aliphatic heterocycles. The summed E-state index contributed by atoms with van der Waals surface area (Å²) in [6.07, 6.45) is -0.473. The average molecular weight is 364 g/mol. The molecule has 6 heteroatoms. The molecule has 0 aromatic heterocycles. The van der Waals surface area contributed by atoms with Gasteiger partial charge in [-0.1, -0.05) is 47.5 Å². The highest BCUT2D eigenvalue weighted by molar-refractivity contribution is 6.42. The Bertz CT molecular complexity index is 807. The molecule has 1 N–H and O–H groups in total. The Kier molecular flexibility index (Phi) is 4.78. The normalized spacial score (nSPS) is 17.6. The molecule has 0 fully saturated rings. The minimum atomic E-state index is -0.836. The van der Waals surface area contributed by atoms with Gasteiger partial charge in [-0.15, -0.1) is 0 Å². The highest BCUT2D eigenvalue weighted by Crippen LogP contribution is 2.26. The van der Waals surface area contributed by atoms with Crippen molar-refractivity contribution in [3.63, 3.8) is 0 Å². The number of ether oxygens (including phenoxy) is 1. The van der Waals surface area contributed by atoms with Crippen molar-refractivity contribution in [1.82, 2.24) is 5.32 Å². The zero-order valence-corrected chi connectivity index (χ0v) is 14.4. The van der Waals surface area contributed by atoms with Gasteiger partial charge in [-0.3, -0.25) is 4.79 Å². The number of halogens is 2. The molecular formula is C18H15Cl2NO3. The third-order valence-electron chi connectivity index (χ3n) is 3.99. The minimum absolute atomic E-state index is 0.289. The van der Waals surface area contributed by atoms with E-state index in [1.165, 1.54) is 0 Å². The number of amides is 1. The molecule has 3 rings (SSSR count). The number of cyclic esters (lactones) is 1. The Morgan fingerprint density at radius 2 is 1.96 bits per heavy atom. The van der Waals surface area contributed by atoms with Crippen molar-refractivity contribution in [3.05, 3.63) is 69.2 Å². The van der Waals surface area contributed by atoms with Crippen LogP contribution in [-0.4, -0.2) is 18.0 Å². The first-order valence-electron chi connectivity index (χ1n) is 7.50. The van der Waals surface area contributed by atoms with Crippen LogP contribution in [0.15, 0.2) is 42.5 Å². The molecule has 2 aromatic carbocycles. The Hall–Kier alpha value is -2.04. The number of esters is 1. The topological polar surface area (TPSA) is 55.4 Å². The van der Waals surface area contributed by atoms with Crippen LogP contribution in [-0.2, 0) is 16.0 Å². The van der Waals surface area contributed by atoms with E-state index in [9.17, 15) is 9.59 Å². The predicted molar refractivity (Wildman–Crippen MR) is 92.4 cm³/mol. The quantitative estimate of drug-likeness (QED) is 0.839. The van der Waals surface area contributed by atoms with Gasteiger partial charge in [0.2, 0.25) is 0 Å². The van der Waals surface area contributed by atoms with Crippen molar-refractivity contribution >= 4 is 35.1 Å². The van der Waals surface area contributed by atoms with E-state index in [2.05, 4.69) is 5.32 Å². The maximum Gasteiger partial charge on any atom is 0.339 e. The summed E-state index contributed by atoms with van der Waals surface area (Å²) >= 11 is 11.9. The highest BCUT2D eigenvalue weighted by Gasteiger charge is 2.31. The van der Waals surface area contributed by atoms with E-state index in [0.29, 0.717) is 22.0 Å². The molecule has 0 bridgehead atoms. The molecular weight excluding hydrogens is 349 g/mol. The zero-order chi connectivity index (χ0) is 17.3. The molecule has 24 heavy (non-hydrogen) atoms. The second-order valence-electron chi connectivity index (χ2n) is 5.66. The maximum absolute atomic E-state index is 12.4. The Balaban J connectivity index is 1.71. The van der Waals surface area contributed by atoms with Gasteiger partial charge in [-0.25, -0.2) is 4.79 Å². The first-order valence-corrected chi connectivity index (χ1v) is 8.25. The van der Waals surface area contributed by atoms with Gasteiger partial charge in [0.15, 0.2) is 6.10 Å². The van der Waals surface area contributed by atoms with Gasteiger partial charge in [0.25, 0.3) is 5.91 Å². The van der Waals surface area contributed by atoms with Crippen molar-refractivity contribution in [2.24, 2.45) is 0 Å². The second kappa shape index (κ2) is 6.83. The van der Waals surface area contributed by atoms with Gasteiger partial charge in [0.05, 0.1) is 21.7 Å². The molecule has 0 spiro atoms. The van der Waals surface area contributed by atoms with Crippen molar-refractivity contribution in [2.45, 2.75) is 25.5 Å². The van der Waals surface area contributed by atoms with Crippen LogP contribution in [0.5, 0.6) is 0 Å². The third kappa shape index (κ3) is 3.40. The lowest BCUT2D eigenvalue weighted by Gasteiger charge is -2.25. The van der Waals surface area contributed by atoms with Gasteiger partial charge in [0.1, 0.15) is 0 Å². The van der Waals surface area contributed by atoms with Crippen LogP contribution in [0.1, 0.15) is 34.5 Å². The third-order valence-corrected chi connectivity index (χ3v) is 4.73. The molecule has 4 nitrogen and oxygen atoms in total. The van der Waals surface area contributed by atoms with Gasteiger partial charge in [0, 0.05) is 6.42 Å². The molecule has 1 aliphatic rings. The van der Waals surface area contributed by atoms with Crippen LogP contribution >= 0.6 is 23.2 Å². The Morgan fingerprint density at radius 1 is 1.21 bits per heavy atom. The lowest BCUT2D eigenvalue weighted by molar-refractivity contribution is -0.131. The second-order valence-corrected chi connectivity index (χ2v) is 6.47. The number of rotatable bonds is 3. The van der Waals surface area contributed by atoms with E-state index < -0.39 is 12.1 Å². The van der Waals surface area contributed by atoms with Gasteiger partial charge >= 0.3 is 5.97 Å². The first kappa shape index (κ1) is 16.8.